The molecule has 1 aliphatic carbocycles. The number of nitrogens with zero attached hydrogens (tertiary/aromatic N) is 2. The van der Waals surface area contributed by atoms with Crippen LogP contribution < -0.4 is 5.73 Å². The maximum atomic E-state index is 12.5. The highest BCUT2D eigenvalue weighted by atomic mass is 35.5. The molecule has 2 aliphatic rings. The average molecular weight is 534 g/mol. The van der Waals surface area contributed by atoms with Crippen LogP contribution in [0.5, 0.6) is 0 Å². The van der Waals surface area contributed by atoms with Crippen LogP contribution in [-0.4, -0.2) is 60.8 Å². The lowest BCUT2D eigenvalue weighted by Crippen LogP contribution is -2.51. The number of hydrogen-bond donors (Lipinski definition) is 1. The molecule has 0 saturated carbocycles. The molecule has 0 spiro atoms. The number of fused-ring (bicyclic) bond motifs is 1. The lowest BCUT2D eigenvalue weighted by Gasteiger charge is -2.41. The number of halogens is 1. The molecule has 3 rings (SSSR count). The molecular weight excluding hydrogens is 490 g/mol. The summed E-state index contributed by atoms with van der Waals surface area (Å²) in [7, 11) is 1.40. The van der Waals surface area contributed by atoms with Crippen LogP contribution in [0.2, 0.25) is 5.02 Å². The van der Waals surface area contributed by atoms with E-state index < -0.39 is 5.60 Å². The summed E-state index contributed by atoms with van der Waals surface area (Å²) in [6, 6.07) is 5.97. The minimum atomic E-state index is -0.508. The molecule has 1 aromatic carbocycles. The Morgan fingerprint density at radius 2 is 1.78 bits per heavy atom. The van der Waals surface area contributed by atoms with Crippen LogP contribution in [-0.2, 0) is 14.3 Å². The van der Waals surface area contributed by atoms with Gasteiger partial charge in [0.25, 0.3) is 0 Å². The van der Waals surface area contributed by atoms with Crippen molar-refractivity contribution < 1.29 is 19.1 Å². The van der Waals surface area contributed by atoms with Crippen LogP contribution in [0.1, 0.15) is 71.0 Å². The van der Waals surface area contributed by atoms with Gasteiger partial charge in [-0.15, -0.1) is 0 Å². The number of rotatable bonds is 3. The van der Waals surface area contributed by atoms with Crippen molar-refractivity contribution in [1.82, 2.24) is 9.80 Å². The summed E-state index contributed by atoms with van der Waals surface area (Å²) in [4.78, 5) is 28.7. The number of hydrogen-bond acceptors (Lipinski definition) is 6. The topological polar surface area (TPSA) is 85.1 Å². The summed E-state index contributed by atoms with van der Waals surface area (Å²) in [5, 5.41) is 0.632. The molecule has 1 saturated heterocycles. The van der Waals surface area contributed by atoms with Gasteiger partial charge in [0.05, 0.1) is 13.5 Å². The fourth-order valence-corrected chi connectivity index (χ4v) is 4.38. The fourth-order valence-electron chi connectivity index (χ4n) is 4.20. The summed E-state index contributed by atoms with van der Waals surface area (Å²) in [6.45, 7) is 19.7. The molecule has 2 N–H and O–H groups in total. The molecule has 1 aromatic rings. The lowest BCUT2D eigenvalue weighted by molar-refractivity contribution is -0.139. The molecular formula is C29H44ClN3O4. The second-order valence-electron chi connectivity index (χ2n) is 9.63. The van der Waals surface area contributed by atoms with Gasteiger partial charge in [-0.25, -0.2) is 4.79 Å². The summed E-state index contributed by atoms with van der Waals surface area (Å²) >= 11 is 6.34. The van der Waals surface area contributed by atoms with Crippen molar-refractivity contribution in [1.29, 1.82) is 0 Å². The number of allylic oxidation sites excluding steroid dienone is 1. The van der Waals surface area contributed by atoms with Gasteiger partial charge in [-0.1, -0.05) is 56.3 Å². The molecule has 1 amide bonds. The molecule has 1 aliphatic heterocycles. The number of carbonyl (C=O) groups excluding carboxylic acids is 2. The van der Waals surface area contributed by atoms with Crippen molar-refractivity contribution in [3.05, 3.63) is 65.4 Å². The molecule has 1 atom stereocenters. The van der Waals surface area contributed by atoms with Gasteiger partial charge in [-0.2, -0.15) is 0 Å². The highest BCUT2D eigenvalue weighted by molar-refractivity contribution is 6.30. The minimum absolute atomic E-state index is 0.0944. The molecule has 0 aromatic heterocycles. The van der Waals surface area contributed by atoms with Crippen LogP contribution in [0.4, 0.5) is 4.79 Å². The zero-order valence-electron chi connectivity index (χ0n) is 23.3. The molecule has 1 unspecified atom stereocenters. The largest absolute Gasteiger partial charge is 0.469 e. The quantitative estimate of drug-likeness (QED) is 0.360. The van der Waals surface area contributed by atoms with Crippen LogP contribution in [0.15, 0.2) is 49.2 Å². The molecule has 37 heavy (non-hydrogen) atoms. The number of piperazine rings is 1. The monoisotopic (exact) mass is 533 g/mol. The Morgan fingerprint density at radius 1 is 1.19 bits per heavy atom. The van der Waals surface area contributed by atoms with Crippen LogP contribution in [0, 0.1) is 0 Å². The van der Waals surface area contributed by atoms with Gasteiger partial charge in [-0.05, 0) is 68.6 Å². The first-order chi connectivity index (χ1) is 17.5. The van der Waals surface area contributed by atoms with E-state index in [1.165, 1.54) is 13.3 Å². The van der Waals surface area contributed by atoms with Crippen molar-refractivity contribution in [3.8, 4) is 0 Å². The molecule has 0 radical (unpaired) electrons. The maximum Gasteiger partial charge on any atom is 0.410 e. The van der Waals surface area contributed by atoms with Gasteiger partial charge in [0.2, 0.25) is 0 Å². The Morgan fingerprint density at radius 3 is 2.32 bits per heavy atom. The second kappa shape index (κ2) is 15.5. The summed E-state index contributed by atoms with van der Waals surface area (Å²) in [5.74, 6) is -0.282. The molecule has 1 heterocycles. The van der Waals surface area contributed by atoms with E-state index in [0.717, 1.165) is 41.8 Å². The van der Waals surface area contributed by atoms with Gasteiger partial charge in [0, 0.05) is 37.2 Å². The van der Waals surface area contributed by atoms with Crippen molar-refractivity contribution in [2.45, 2.75) is 65.5 Å². The molecule has 8 heteroatoms. The van der Waals surface area contributed by atoms with Crippen LogP contribution >= 0.6 is 11.6 Å². The molecule has 0 bridgehead atoms. The number of carbonyl (C=O) groups is 2. The number of esters is 1. The Labute approximate surface area is 227 Å². The number of methoxy groups -OCH3 is 1. The van der Waals surface area contributed by atoms with Crippen molar-refractivity contribution >= 4 is 29.2 Å². The van der Waals surface area contributed by atoms with E-state index in [0.29, 0.717) is 24.5 Å². The van der Waals surface area contributed by atoms with Crippen molar-refractivity contribution in [2.24, 2.45) is 5.73 Å². The van der Waals surface area contributed by atoms with E-state index >= 15 is 0 Å². The zero-order valence-corrected chi connectivity index (χ0v) is 24.1. The van der Waals surface area contributed by atoms with Crippen LogP contribution in [0.25, 0.3) is 5.57 Å². The van der Waals surface area contributed by atoms with E-state index in [1.807, 2.05) is 52.8 Å². The Balaban J connectivity index is 0.00000127. The van der Waals surface area contributed by atoms with Crippen LogP contribution in [0.3, 0.4) is 0 Å². The van der Waals surface area contributed by atoms with Gasteiger partial charge >= 0.3 is 12.1 Å². The maximum absolute atomic E-state index is 12.5. The highest BCUT2D eigenvalue weighted by Crippen LogP contribution is 2.39. The lowest BCUT2D eigenvalue weighted by atomic mass is 9.85. The fraction of sp³-hybridized carbons (Fsp3) is 0.517. The van der Waals surface area contributed by atoms with Gasteiger partial charge in [-0.3, -0.25) is 9.69 Å². The first-order valence-corrected chi connectivity index (χ1v) is 13.1. The number of ether oxygens (including phenoxy) is 2. The Kier molecular flexibility index (Phi) is 13.5. The third-order valence-electron chi connectivity index (χ3n) is 5.81. The third kappa shape index (κ3) is 10.3. The number of amides is 1. The van der Waals surface area contributed by atoms with E-state index in [4.69, 9.17) is 21.1 Å². The smallest absolute Gasteiger partial charge is 0.410 e. The SMILES string of the molecule is C=C1C/C=C(/CC(=O)OC)c2cc(Cl)ccc2C(N2CCN(C(=O)OC(C)(C)C)CC2)C1.C=CN.CC. The first-order valence-electron chi connectivity index (χ1n) is 12.8. The van der Waals surface area contributed by atoms with Gasteiger partial charge < -0.3 is 20.1 Å². The van der Waals surface area contributed by atoms with Gasteiger partial charge in [0.1, 0.15) is 5.60 Å². The van der Waals surface area contributed by atoms with Crippen molar-refractivity contribution in [2.75, 3.05) is 33.3 Å². The van der Waals surface area contributed by atoms with Gasteiger partial charge in [0.15, 0.2) is 0 Å². The summed E-state index contributed by atoms with van der Waals surface area (Å²) < 4.78 is 10.4. The Bertz CT molecular complexity index is 960. The van der Waals surface area contributed by atoms with E-state index in [2.05, 4.69) is 29.9 Å². The zero-order chi connectivity index (χ0) is 28.2. The number of benzene rings is 1. The van der Waals surface area contributed by atoms with E-state index in [1.54, 1.807) is 4.90 Å². The Hall–Kier alpha value is -2.77. The summed E-state index contributed by atoms with van der Waals surface area (Å²) in [5.41, 5.74) is 8.22. The summed E-state index contributed by atoms with van der Waals surface area (Å²) in [6.07, 6.45) is 4.74. The van der Waals surface area contributed by atoms with E-state index in [-0.39, 0.29) is 24.5 Å². The normalized spacial score (nSPS) is 19.2. The van der Waals surface area contributed by atoms with E-state index in [9.17, 15) is 9.59 Å². The molecule has 7 nitrogen and oxygen atoms in total. The average Bonchev–Trinajstić information content (AvgIpc) is 2.85. The predicted molar refractivity (Wildman–Crippen MR) is 152 cm³/mol. The molecule has 206 valence electrons. The first kappa shape index (κ1) is 32.3. The second-order valence-corrected chi connectivity index (χ2v) is 10.1. The molecule has 1 fully saturated rings. The standard InChI is InChI=1S/C25H33ClN2O4.C2H5N.C2H6/c1-17-6-7-18(15-23(29)31-5)21-16-19(26)8-9-20(21)22(14-17)27-10-12-28(13-11-27)24(30)32-25(2,3)4;1-2-3;1-2/h7-9,16,22H,1,6,10-15H2,2-5H3;2H,1,3H2;1-2H3/b18-7-;;. The van der Waals surface area contributed by atoms with Crippen molar-refractivity contribution in [3.63, 3.8) is 0 Å². The predicted octanol–water partition coefficient (Wildman–Crippen LogP) is 6.35. The minimum Gasteiger partial charge on any atom is -0.469 e. The third-order valence-corrected chi connectivity index (χ3v) is 6.04. The number of nitrogens with two attached hydrogens (primary N) is 1. The highest BCUT2D eigenvalue weighted by Gasteiger charge is 2.32.